The van der Waals surface area contributed by atoms with Gasteiger partial charge in [0.25, 0.3) is 0 Å². The topological polar surface area (TPSA) is 103 Å². The fourth-order valence-corrected chi connectivity index (χ4v) is 10.3. The van der Waals surface area contributed by atoms with Crippen LogP contribution >= 0.6 is 0 Å². The molecule has 0 fully saturated rings. The summed E-state index contributed by atoms with van der Waals surface area (Å²) in [5.41, 5.74) is 14.2. The summed E-state index contributed by atoms with van der Waals surface area (Å²) in [5.74, 6) is 1.30. The van der Waals surface area contributed by atoms with E-state index >= 15 is 0 Å². The van der Waals surface area contributed by atoms with Crippen molar-refractivity contribution >= 4 is 21.6 Å². The minimum absolute atomic E-state index is 0.133. The van der Waals surface area contributed by atoms with Gasteiger partial charge in [-0.05, 0) is 125 Å². The Morgan fingerprint density at radius 1 is 0.427 bits per heavy atom. The summed E-state index contributed by atoms with van der Waals surface area (Å²) < 4.78 is 26.4. The van der Waals surface area contributed by atoms with Gasteiger partial charge in [0.15, 0.2) is 9.84 Å². The molecule has 0 aliphatic carbocycles. The van der Waals surface area contributed by atoms with Crippen molar-refractivity contribution in [1.29, 1.82) is 0 Å². The molecule has 8 heteroatoms. The maximum atomic E-state index is 10.8. The van der Waals surface area contributed by atoms with Gasteiger partial charge in [0.1, 0.15) is 12.4 Å². The summed E-state index contributed by atoms with van der Waals surface area (Å²) in [5, 5.41) is 0. The van der Waals surface area contributed by atoms with E-state index in [1.165, 1.54) is 96.3 Å². The highest BCUT2D eigenvalue weighted by molar-refractivity contribution is 7.89. The second kappa shape index (κ2) is 56.5. The molecule has 0 saturated heterocycles. The highest BCUT2D eigenvalue weighted by Crippen LogP contribution is 2.27. The van der Waals surface area contributed by atoms with Crippen molar-refractivity contribution in [1.82, 2.24) is 9.97 Å². The summed E-state index contributed by atoms with van der Waals surface area (Å²) in [6.07, 6.45) is 19.2. The Labute approximate surface area is 581 Å². The van der Waals surface area contributed by atoms with Crippen LogP contribution in [0.15, 0.2) is 286 Å². The molecular weight excluding hydrogens is 1200 g/mol. The maximum absolute atomic E-state index is 10.8. The molecule has 0 unspecified atom stereocenters. The molecule has 0 aliphatic heterocycles. The molecule has 0 atom stereocenters. The molecule has 10 aromatic rings. The van der Waals surface area contributed by atoms with Gasteiger partial charge in [-0.15, -0.1) is 0 Å². The van der Waals surface area contributed by atoms with Gasteiger partial charge in [-0.25, -0.2) is 8.42 Å². The summed E-state index contributed by atoms with van der Waals surface area (Å²) in [7, 11) is -2.88. The van der Waals surface area contributed by atoms with Crippen LogP contribution in [-0.2, 0) is 75.0 Å². The first kappa shape index (κ1) is 85.2. The molecule has 0 spiro atoms. The molecule has 10 rings (SSSR count). The zero-order valence-electron chi connectivity index (χ0n) is 60.3. The van der Waals surface area contributed by atoms with Crippen LogP contribution < -0.4 is 0 Å². The van der Waals surface area contributed by atoms with Crippen molar-refractivity contribution in [2.24, 2.45) is 0 Å². The molecule has 0 radical (unpaired) electrons. The fourth-order valence-electron chi connectivity index (χ4n) is 9.48. The third kappa shape index (κ3) is 44.7. The number of sulfone groups is 1. The summed E-state index contributed by atoms with van der Waals surface area (Å²) in [4.78, 5) is 29.2. The number of ether oxygens (including phenoxy) is 1. The highest BCUT2D eigenvalue weighted by Gasteiger charge is 2.10. The van der Waals surface area contributed by atoms with Crippen molar-refractivity contribution in [3.05, 3.63) is 347 Å². The Hall–Kier alpha value is -8.85. The number of carbonyl (C=O) groups is 2. The van der Waals surface area contributed by atoms with Crippen LogP contribution in [-0.4, -0.2) is 36.4 Å². The summed E-state index contributed by atoms with van der Waals surface area (Å²) in [6.45, 7) is 25.1. The van der Waals surface area contributed by atoms with Crippen LogP contribution in [0.1, 0.15) is 188 Å². The van der Waals surface area contributed by atoms with Crippen LogP contribution in [0.2, 0.25) is 0 Å². The predicted octanol–water partition coefficient (Wildman–Crippen LogP) is 22.8. The van der Waals surface area contributed by atoms with E-state index in [1.54, 1.807) is 25.3 Å². The van der Waals surface area contributed by atoms with Crippen molar-refractivity contribution in [3.63, 3.8) is 0 Å². The largest absolute Gasteiger partial charge is 0.461 e. The second-order valence-corrected chi connectivity index (χ2v) is 25.0. The van der Waals surface area contributed by atoms with E-state index in [1.807, 2.05) is 123 Å². The molecule has 512 valence electrons. The lowest BCUT2D eigenvalue weighted by molar-refractivity contribution is -0.142. The Morgan fingerprint density at radius 3 is 1.17 bits per heavy atom. The highest BCUT2D eigenvalue weighted by atomic mass is 32.2. The number of carbonyl (C=O) groups excluding carboxylic acids is 2. The Kier molecular flexibility index (Phi) is 50.1. The normalized spacial score (nSPS) is 9.78. The number of Topliss-reactive ketones (excluding diaryl/α,β-unsaturated/α-hetero) is 1. The second-order valence-electron chi connectivity index (χ2n) is 22.8. The molecule has 2 aromatic heterocycles. The molecule has 0 amide bonds. The Bertz CT molecular complexity index is 3280. The van der Waals surface area contributed by atoms with Gasteiger partial charge < -0.3 is 4.74 Å². The Balaban J connectivity index is 0.000000541. The van der Waals surface area contributed by atoms with E-state index in [4.69, 9.17) is 4.74 Å². The Morgan fingerprint density at radius 2 is 0.812 bits per heavy atom. The maximum Gasteiger partial charge on any atom is 0.302 e. The number of benzene rings is 8. The minimum Gasteiger partial charge on any atom is -0.461 e. The molecule has 0 aliphatic rings. The third-order valence-electron chi connectivity index (χ3n) is 14.0. The number of pyridine rings is 2. The number of aryl methyl sites for hydroxylation is 5. The number of rotatable bonds is 19. The van der Waals surface area contributed by atoms with E-state index in [0.29, 0.717) is 24.9 Å². The van der Waals surface area contributed by atoms with Crippen LogP contribution in [0.25, 0.3) is 0 Å². The van der Waals surface area contributed by atoms with E-state index in [9.17, 15) is 18.0 Å². The predicted molar refractivity (Wildman–Crippen MR) is 411 cm³/mol. The molecule has 8 aromatic carbocycles. The first-order valence-corrected chi connectivity index (χ1v) is 36.6. The van der Waals surface area contributed by atoms with Gasteiger partial charge in [-0.3, -0.25) is 19.6 Å². The minimum atomic E-state index is -2.88. The number of nitrogens with zero attached hydrogens (tertiary/aromatic N) is 2. The number of hydrogen-bond acceptors (Lipinski definition) is 7. The van der Waals surface area contributed by atoms with Gasteiger partial charge >= 0.3 is 5.97 Å². The molecule has 2 heterocycles. The molecule has 7 nitrogen and oxygen atoms in total. The zero-order valence-corrected chi connectivity index (χ0v) is 61.1. The van der Waals surface area contributed by atoms with Crippen molar-refractivity contribution in [2.75, 3.05) is 6.26 Å². The van der Waals surface area contributed by atoms with E-state index in [-0.39, 0.29) is 17.5 Å². The van der Waals surface area contributed by atoms with Gasteiger partial charge in [0.2, 0.25) is 0 Å². The quantitative estimate of drug-likeness (QED) is 0.0743. The first-order chi connectivity index (χ1) is 46.5. The lowest BCUT2D eigenvalue weighted by Crippen LogP contribution is -1.99. The standard InChI is InChI=1S/C15H16.C11H16.C9H10O2.C9H10O.2C9H12.2C8H11N.C8H10O2S.C2H6/c1-2-15(13-9-5-3-6-10-13)14-11-7-4-8-12-14;1-4-10-7-5-6-8-11(10)9(2)3;1-8(10)11-7-9-5-3-2-4-6-9;1-8(10)7-9-5-3-2-4-6-9;2*1-2-6-9-7-4-3-5-8-9;1-2-5-8-6-3-4-7-9-8;1-2-4-8-5-3-6-9-7-8;1-11(9,10)7-8-5-3-2-4-6-8;1-2/h3-12,15H,2H2,1H3;5-9H,4H2,1-3H3;2-6H,7H2,1H3;2-6H,7H2,1H3;2*3-5,7-8H,2,6H2,1H3;3-4,6-7H,2,5H2,1H3;3,5-7H,2,4H2,1H3;2-6H,7H2,1H3;1-2H3. The van der Waals surface area contributed by atoms with Crippen molar-refractivity contribution < 1.29 is 22.7 Å². The lowest BCUT2D eigenvalue weighted by Gasteiger charge is -2.15. The van der Waals surface area contributed by atoms with E-state index in [2.05, 4.69) is 223 Å². The number of aromatic nitrogens is 2. The molecule has 0 N–H and O–H groups in total. The molecule has 0 saturated carbocycles. The van der Waals surface area contributed by atoms with Gasteiger partial charge in [0, 0.05) is 49.8 Å². The first-order valence-electron chi connectivity index (χ1n) is 34.5. The smallest absolute Gasteiger partial charge is 0.302 e. The van der Waals surface area contributed by atoms with Crippen molar-refractivity contribution in [3.8, 4) is 0 Å². The van der Waals surface area contributed by atoms with Crippen LogP contribution in [0.3, 0.4) is 0 Å². The summed E-state index contributed by atoms with van der Waals surface area (Å²) in [6, 6.07) is 89.9. The molecular formula is C88H114N2O5S. The number of hydrogen-bond donors (Lipinski definition) is 0. The van der Waals surface area contributed by atoms with Crippen LogP contribution in [0, 0.1) is 0 Å². The van der Waals surface area contributed by atoms with Gasteiger partial charge in [-0.1, -0.05) is 344 Å². The van der Waals surface area contributed by atoms with Crippen molar-refractivity contribution in [2.45, 2.75) is 178 Å². The lowest BCUT2D eigenvalue weighted by atomic mass is 9.89. The van der Waals surface area contributed by atoms with Crippen LogP contribution in [0.4, 0.5) is 0 Å². The van der Waals surface area contributed by atoms with Crippen LogP contribution in [0.5, 0.6) is 0 Å². The van der Waals surface area contributed by atoms with Gasteiger partial charge in [0.05, 0.1) is 5.75 Å². The fraction of sp³-hybridized carbons (Fsp3) is 0.318. The number of esters is 1. The van der Waals surface area contributed by atoms with E-state index < -0.39 is 9.84 Å². The monoisotopic (exact) mass is 1310 g/mol. The summed E-state index contributed by atoms with van der Waals surface area (Å²) >= 11 is 0. The average molecular weight is 1310 g/mol. The SMILES string of the molecule is CC.CC(=O)Cc1ccccc1.CC(=O)OCc1ccccc1.CCC(c1ccccc1)c1ccccc1.CCCc1ccccc1.CCCc1ccccc1.CCCc1ccccn1.CCCc1cccnc1.CCc1ccccc1C(C)C.CS(=O)(=O)Cc1ccccc1. The molecule has 0 bridgehead atoms. The van der Waals surface area contributed by atoms with E-state index in [0.717, 1.165) is 42.4 Å². The number of ketones is 1. The van der Waals surface area contributed by atoms with Gasteiger partial charge in [-0.2, -0.15) is 0 Å². The zero-order chi connectivity index (χ0) is 70.7. The average Bonchev–Trinajstić information content (AvgIpc) is 1.43. The third-order valence-corrected chi connectivity index (χ3v) is 14.8. The molecule has 96 heavy (non-hydrogen) atoms.